The van der Waals surface area contributed by atoms with Crippen LogP contribution < -0.4 is 0 Å². The van der Waals surface area contributed by atoms with Gasteiger partial charge in [-0.05, 0) is 30.1 Å². The lowest BCUT2D eigenvalue weighted by molar-refractivity contribution is -0.218. The molecule has 0 unspecified atom stereocenters. The minimum Gasteiger partial charge on any atom is -0.481 e. The summed E-state index contributed by atoms with van der Waals surface area (Å²) >= 11 is 0. The lowest BCUT2D eigenvalue weighted by Crippen LogP contribution is -2.62. The van der Waals surface area contributed by atoms with E-state index in [-0.39, 0.29) is 23.7 Å². The van der Waals surface area contributed by atoms with Gasteiger partial charge in [-0.15, -0.1) is 0 Å². The summed E-state index contributed by atoms with van der Waals surface area (Å²) in [5.41, 5.74) is -0.0530. The van der Waals surface area contributed by atoms with Crippen molar-refractivity contribution in [2.75, 3.05) is 0 Å². The molecule has 0 spiro atoms. The van der Waals surface area contributed by atoms with E-state index in [1.54, 1.807) is 0 Å². The minimum atomic E-state index is -0.761. The summed E-state index contributed by atoms with van der Waals surface area (Å²) in [5, 5.41) is 17.2. The third-order valence-corrected chi connectivity index (χ3v) is 3.30. The van der Waals surface area contributed by atoms with E-state index in [9.17, 15) is 9.59 Å². The highest BCUT2D eigenvalue weighted by atomic mass is 16.4. The van der Waals surface area contributed by atoms with Crippen molar-refractivity contribution >= 4 is 11.9 Å². The Bertz CT molecular complexity index is 236. The van der Waals surface area contributed by atoms with Gasteiger partial charge < -0.3 is 10.2 Å². The fraction of sp³-hybridized carbons (Fsp3) is 0.778. The molecule has 3 rings (SSSR count). The average Bonchev–Trinajstić information content (AvgIpc) is 1.77. The van der Waals surface area contributed by atoms with Crippen molar-refractivity contribution in [1.82, 2.24) is 0 Å². The molecule has 0 aromatic carbocycles. The van der Waals surface area contributed by atoms with E-state index in [4.69, 9.17) is 10.2 Å². The van der Waals surface area contributed by atoms with Crippen LogP contribution in [0.4, 0.5) is 0 Å². The van der Waals surface area contributed by atoms with Gasteiger partial charge in [0.2, 0.25) is 0 Å². The second-order valence-corrected chi connectivity index (χ2v) is 4.67. The molecule has 2 N–H and O–H groups in total. The van der Waals surface area contributed by atoms with Crippen molar-refractivity contribution in [3.8, 4) is 0 Å². The van der Waals surface area contributed by atoms with Gasteiger partial charge in [0.25, 0.3) is 0 Å². The summed E-state index contributed by atoms with van der Waals surface area (Å²) in [6.45, 7) is 0. The van der Waals surface area contributed by atoms with Gasteiger partial charge >= 0.3 is 11.9 Å². The molecule has 2 bridgehead atoms. The molecule has 3 aliphatic carbocycles. The van der Waals surface area contributed by atoms with Crippen LogP contribution in [-0.4, -0.2) is 22.2 Å². The van der Waals surface area contributed by atoms with Crippen molar-refractivity contribution in [3.05, 3.63) is 0 Å². The Morgan fingerprint density at radius 3 is 1.46 bits per heavy atom. The highest BCUT2D eigenvalue weighted by molar-refractivity contribution is 5.71. The van der Waals surface area contributed by atoms with Gasteiger partial charge in [-0.2, -0.15) is 0 Å². The first kappa shape index (κ1) is 8.53. The lowest BCUT2D eigenvalue weighted by atomic mass is 9.33. The number of hydrogen-bond acceptors (Lipinski definition) is 2. The Kier molecular flexibility index (Phi) is 1.47. The number of carboxylic acid groups (broad SMARTS) is 2. The molecule has 0 amide bonds. The molecular weight excluding hydrogens is 172 g/mol. The van der Waals surface area contributed by atoms with E-state index >= 15 is 0 Å². The third-order valence-electron chi connectivity index (χ3n) is 3.30. The van der Waals surface area contributed by atoms with Gasteiger partial charge in [0.05, 0.1) is 12.8 Å². The molecule has 0 aromatic rings. The van der Waals surface area contributed by atoms with Gasteiger partial charge in [0.15, 0.2) is 0 Å². The fourth-order valence-electron chi connectivity index (χ4n) is 3.25. The van der Waals surface area contributed by atoms with Crippen LogP contribution in [0.5, 0.6) is 0 Å². The van der Waals surface area contributed by atoms with E-state index in [0.717, 1.165) is 19.3 Å². The van der Waals surface area contributed by atoms with Crippen LogP contribution in [0.3, 0.4) is 0 Å². The summed E-state index contributed by atoms with van der Waals surface area (Å²) in [7, 11) is 0. The molecule has 4 heteroatoms. The van der Waals surface area contributed by atoms with Gasteiger partial charge in [0, 0.05) is 0 Å². The molecule has 13 heavy (non-hydrogen) atoms. The molecular formula is C9H12O4. The highest BCUT2D eigenvalue weighted by Gasteiger charge is 2.68. The highest BCUT2D eigenvalue weighted by Crippen LogP contribution is 2.76. The van der Waals surface area contributed by atoms with Crippen LogP contribution in [-0.2, 0) is 9.59 Å². The number of aliphatic carboxylic acids is 2. The second-order valence-electron chi connectivity index (χ2n) is 4.67. The summed E-state index contributed by atoms with van der Waals surface area (Å²) in [6, 6.07) is 0. The van der Waals surface area contributed by atoms with E-state index in [1.807, 2.05) is 0 Å². The van der Waals surface area contributed by atoms with Gasteiger partial charge in [-0.25, -0.2) is 0 Å². The zero-order valence-electron chi connectivity index (χ0n) is 7.25. The third kappa shape index (κ3) is 1.20. The molecule has 0 aliphatic heterocycles. The second kappa shape index (κ2) is 2.25. The Hall–Kier alpha value is -1.06. The van der Waals surface area contributed by atoms with Crippen LogP contribution in [0.25, 0.3) is 0 Å². The number of carbonyl (C=O) groups is 2. The predicted octanol–water partition coefficient (Wildman–Crippen LogP) is 1.11. The van der Waals surface area contributed by atoms with Crippen LogP contribution in [0.1, 0.15) is 32.1 Å². The normalized spacial score (nSPS) is 40.3. The van der Waals surface area contributed by atoms with E-state index in [0.29, 0.717) is 0 Å². The summed E-state index contributed by atoms with van der Waals surface area (Å²) in [5.74, 6) is -1.52. The van der Waals surface area contributed by atoms with Crippen molar-refractivity contribution in [2.24, 2.45) is 10.8 Å². The Morgan fingerprint density at radius 2 is 1.23 bits per heavy atom. The standard InChI is InChI=1S/C9H12O4/c10-6(11)1-8-3-9(4-8,5-8)2-7(12)13/h1-5H2,(H,10,11)(H,12,13). The summed E-state index contributed by atoms with van der Waals surface area (Å²) < 4.78 is 0. The van der Waals surface area contributed by atoms with E-state index in [1.165, 1.54) is 0 Å². The average molecular weight is 184 g/mol. The molecule has 0 saturated heterocycles. The smallest absolute Gasteiger partial charge is 0.303 e. The number of hydrogen-bond donors (Lipinski definition) is 2. The van der Waals surface area contributed by atoms with Crippen molar-refractivity contribution in [2.45, 2.75) is 32.1 Å². The van der Waals surface area contributed by atoms with Gasteiger partial charge in [0.1, 0.15) is 0 Å². The van der Waals surface area contributed by atoms with Crippen LogP contribution in [0.15, 0.2) is 0 Å². The zero-order chi connectivity index (χ0) is 9.69. The van der Waals surface area contributed by atoms with Crippen molar-refractivity contribution in [3.63, 3.8) is 0 Å². The van der Waals surface area contributed by atoms with Crippen molar-refractivity contribution < 1.29 is 19.8 Å². The van der Waals surface area contributed by atoms with Crippen LogP contribution in [0.2, 0.25) is 0 Å². The summed E-state index contributed by atoms with van der Waals surface area (Å²) in [6.07, 6.45) is 2.85. The minimum absolute atomic E-state index is 0.0265. The largest absolute Gasteiger partial charge is 0.481 e. The topological polar surface area (TPSA) is 74.6 Å². The first-order chi connectivity index (χ1) is 5.95. The van der Waals surface area contributed by atoms with Gasteiger partial charge in [-0.3, -0.25) is 9.59 Å². The quantitative estimate of drug-likeness (QED) is 0.686. The monoisotopic (exact) mass is 184 g/mol. The lowest BCUT2D eigenvalue weighted by Gasteiger charge is -2.70. The van der Waals surface area contributed by atoms with Crippen LogP contribution in [0, 0.1) is 10.8 Å². The molecule has 3 fully saturated rings. The predicted molar refractivity (Wildman–Crippen MR) is 43.2 cm³/mol. The maximum Gasteiger partial charge on any atom is 0.303 e. The molecule has 4 nitrogen and oxygen atoms in total. The molecule has 0 heterocycles. The first-order valence-corrected chi connectivity index (χ1v) is 4.39. The Morgan fingerprint density at radius 1 is 0.923 bits per heavy atom. The van der Waals surface area contributed by atoms with Gasteiger partial charge in [-0.1, -0.05) is 0 Å². The molecule has 3 saturated carbocycles. The molecule has 0 radical (unpaired) electrons. The van der Waals surface area contributed by atoms with Crippen molar-refractivity contribution in [1.29, 1.82) is 0 Å². The molecule has 3 aliphatic rings. The maximum absolute atomic E-state index is 10.4. The SMILES string of the molecule is O=C(O)CC12CC(CC(=O)O)(C1)C2. The molecule has 0 atom stereocenters. The number of carboxylic acids is 2. The zero-order valence-corrected chi connectivity index (χ0v) is 7.25. The number of rotatable bonds is 4. The maximum atomic E-state index is 10.4. The fourth-order valence-corrected chi connectivity index (χ4v) is 3.25. The first-order valence-electron chi connectivity index (χ1n) is 4.39. The van der Waals surface area contributed by atoms with E-state index < -0.39 is 11.9 Å². The molecule has 72 valence electrons. The van der Waals surface area contributed by atoms with E-state index in [2.05, 4.69) is 0 Å². The summed E-state index contributed by atoms with van der Waals surface area (Å²) in [4.78, 5) is 20.9. The Labute approximate surface area is 75.6 Å². The Balaban J connectivity index is 1.86. The molecule has 0 aromatic heterocycles. The van der Waals surface area contributed by atoms with Crippen LogP contribution >= 0.6 is 0 Å².